The molecule has 2 rings (SSSR count). The molecular weight excluding hydrogens is 284 g/mol. The molecule has 0 aliphatic carbocycles. The Kier molecular flexibility index (Phi) is 5.09. The van der Waals surface area contributed by atoms with E-state index in [1.807, 2.05) is 36.4 Å². The van der Waals surface area contributed by atoms with Crippen molar-refractivity contribution in [1.82, 2.24) is 5.32 Å². The van der Waals surface area contributed by atoms with E-state index in [2.05, 4.69) is 5.32 Å². The molecule has 2 atom stereocenters. The largest absolute Gasteiger partial charge is 0.391 e. The Bertz CT molecular complexity index is 646. The van der Waals surface area contributed by atoms with Crippen molar-refractivity contribution in [2.24, 2.45) is 0 Å². The summed E-state index contributed by atoms with van der Waals surface area (Å²) in [5.41, 5.74) is 1.38. The average Bonchev–Trinajstić information content (AvgIpc) is 2.96. The van der Waals surface area contributed by atoms with E-state index in [4.69, 9.17) is 5.26 Å². The summed E-state index contributed by atoms with van der Waals surface area (Å²) in [5, 5.41) is 23.5. The summed E-state index contributed by atoms with van der Waals surface area (Å²) in [4.78, 5) is 12.5. The number of rotatable bonds is 5. The second-order valence-corrected chi connectivity index (χ2v) is 5.71. The summed E-state index contributed by atoms with van der Waals surface area (Å²) in [6.07, 6.45) is -0.209. The third-order valence-electron chi connectivity index (χ3n) is 3.22. The van der Waals surface area contributed by atoms with Crippen molar-refractivity contribution < 1.29 is 9.90 Å². The van der Waals surface area contributed by atoms with Crippen LogP contribution in [-0.2, 0) is 6.42 Å². The van der Waals surface area contributed by atoms with Gasteiger partial charge in [0.2, 0.25) is 0 Å². The molecule has 1 amide bonds. The van der Waals surface area contributed by atoms with Gasteiger partial charge in [0, 0.05) is 6.42 Å². The Morgan fingerprint density at radius 3 is 2.76 bits per heavy atom. The van der Waals surface area contributed by atoms with Crippen LogP contribution in [0.1, 0.15) is 27.7 Å². The number of amides is 1. The van der Waals surface area contributed by atoms with Crippen LogP contribution in [0.4, 0.5) is 0 Å². The van der Waals surface area contributed by atoms with Crippen molar-refractivity contribution in [2.45, 2.75) is 25.5 Å². The van der Waals surface area contributed by atoms with Gasteiger partial charge in [0.05, 0.1) is 17.7 Å². The zero-order valence-electron chi connectivity index (χ0n) is 11.6. The lowest BCUT2D eigenvalue weighted by Crippen LogP contribution is -2.42. The van der Waals surface area contributed by atoms with Crippen LogP contribution in [0.2, 0.25) is 0 Å². The number of carbonyl (C=O) groups excluding carboxylic acids is 1. The molecule has 0 bridgehead atoms. The molecule has 108 valence electrons. The fourth-order valence-electron chi connectivity index (χ4n) is 1.97. The average molecular weight is 300 g/mol. The highest BCUT2D eigenvalue weighted by atomic mass is 32.1. The Hall–Kier alpha value is -2.16. The van der Waals surface area contributed by atoms with Gasteiger partial charge in [-0.15, -0.1) is 11.3 Å². The molecule has 2 N–H and O–H groups in total. The molecule has 21 heavy (non-hydrogen) atoms. The molecule has 0 spiro atoms. The molecule has 0 aliphatic heterocycles. The molecule has 0 aliphatic rings. The van der Waals surface area contributed by atoms with E-state index in [1.54, 1.807) is 18.4 Å². The number of nitrogens with zero attached hydrogens (tertiary/aromatic N) is 1. The van der Waals surface area contributed by atoms with Crippen LogP contribution < -0.4 is 5.32 Å². The van der Waals surface area contributed by atoms with Crippen LogP contribution >= 0.6 is 11.3 Å². The summed E-state index contributed by atoms with van der Waals surface area (Å²) in [6.45, 7) is 1.76. The van der Waals surface area contributed by atoms with Gasteiger partial charge in [0.1, 0.15) is 10.9 Å². The van der Waals surface area contributed by atoms with Crippen molar-refractivity contribution in [3.63, 3.8) is 0 Å². The number of benzene rings is 1. The zero-order valence-corrected chi connectivity index (χ0v) is 12.4. The van der Waals surface area contributed by atoms with Crippen molar-refractivity contribution in [1.29, 1.82) is 5.26 Å². The molecule has 5 heteroatoms. The number of hydrogen-bond donors (Lipinski definition) is 2. The first-order valence-corrected chi connectivity index (χ1v) is 7.50. The van der Waals surface area contributed by atoms with Crippen LogP contribution in [0.3, 0.4) is 0 Å². The van der Waals surface area contributed by atoms with Crippen LogP contribution in [0.25, 0.3) is 0 Å². The quantitative estimate of drug-likeness (QED) is 0.890. The molecule has 2 unspecified atom stereocenters. The molecule has 1 aromatic heterocycles. The van der Waals surface area contributed by atoms with Crippen LogP contribution in [0, 0.1) is 11.3 Å². The minimum Gasteiger partial charge on any atom is -0.391 e. The second kappa shape index (κ2) is 7.02. The monoisotopic (exact) mass is 300 g/mol. The van der Waals surface area contributed by atoms with E-state index >= 15 is 0 Å². The SMILES string of the molecule is CC(NC(=O)c1sccc1C#N)C(O)Cc1ccccc1. The number of thiophene rings is 1. The minimum atomic E-state index is -0.679. The fraction of sp³-hybridized carbons (Fsp3) is 0.250. The Balaban J connectivity index is 1.96. The van der Waals surface area contributed by atoms with Crippen molar-refractivity contribution in [3.8, 4) is 6.07 Å². The number of carbonyl (C=O) groups is 1. The Morgan fingerprint density at radius 1 is 1.38 bits per heavy atom. The first kappa shape index (κ1) is 15.2. The van der Waals surface area contributed by atoms with E-state index in [1.165, 1.54) is 11.3 Å². The molecule has 0 saturated heterocycles. The van der Waals surface area contributed by atoms with Gasteiger partial charge in [-0.25, -0.2) is 0 Å². The highest BCUT2D eigenvalue weighted by molar-refractivity contribution is 7.12. The molecule has 0 fully saturated rings. The topological polar surface area (TPSA) is 73.1 Å². The maximum absolute atomic E-state index is 12.1. The van der Waals surface area contributed by atoms with E-state index < -0.39 is 12.1 Å². The zero-order chi connectivity index (χ0) is 15.2. The first-order valence-electron chi connectivity index (χ1n) is 6.62. The number of nitriles is 1. The van der Waals surface area contributed by atoms with Gasteiger partial charge in [-0.05, 0) is 23.9 Å². The molecular formula is C16H16N2O2S. The van der Waals surface area contributed by atoms with E-state index in [0.717, 1.165) is 5.56 Å². The lowest BCUT2D eigenvalue weighted by molar-refractivity contribution is 0.0855. The lowest BCUT2D eigenvalue weighted by atomic mass is 10.0. The molecule has 2 aromatic rings. The summed E-state index contributed by atoms with van der Waals surface area (Å²) in [6, 6.07) is 12.8. The minimum absolute atomic E-state index is 0.318. The van der Waals surface area contributed by atoms with Crippen LogP contribution in [-0.4, -0.2) is 23.2 Å². The lowest BCUT2D eigenvalue weighted by Gasteiger charge is -2.20. The number of hydrogen-bond acceptors (Lipinski definition) is 4. The molecule has 4 nitrogen and oxygen atoms in total. The first-order chi connectivity index (χ1) is 10.1. The molecule has 1 heterocycles. The fourth-order valence-corrected chi connectivity index (χ4v) is 2.72. The third kappa shape index (κ3) is 3.91. The maximum Gasteiger partial charge on any atom is 0.263 e. The van der Waals surface area contributed by atoms with Gasteiger partial charge in [-0.1, -0.05) is 30.3 Å². The van der Waals surface area contributed by atoms with Crippen molar-refractivity contribution in [2.75, 3.05) is 0 Å². The van der Waals surface area contributed by atoms with Crippen molar-refractivity contribution >= 4 is 17.2 Å². The standard InChI is InChI=1S/C16H16N2O2S/c1-11(14(19)9-12-5-3-2-4-6-12)18-16(20)15-13(10-17)7-8-21-15/h2-8,11,14,19H,9H2,1H3,(H,18,20). The van der Waals surface area contributed by atoms with Crippen molar-refractivity contribution in [3.05, 3.63) is 57.8 Å². The van der Waals surface area contributed by atoms with Crippen LogP contribution in [0.15, 0.2) is 41.8 Å². The Labute approximate surface area is 127 Å². The summed E-state index contributed by atoms with van der Waals surface area (Å²) in [5.74, 6) is -0.318. The summed E-state index contributed by atoms with van der Waals surface area (Å²) >= 11 is 1.22. The van der Waals surface area contributed by atoms with Gasteiger partial charge in [-0.3, -0.25) is 4.79 Å². The van der Waals surface area contributed by atoms with Gasteiger partial charge in [-0.2, -0.15) is 5.26 Å². The van der Waals surface area contributed by atoms with Gasteiger partial charge in [0.25, 0.3) is 5.91 Å². The van der Waals surface area contributed by atoms with Crippen LogP contribution in [0.5, 0.6) is 0 Å². The van der Waals surface area contributed by atoms with Gasteiger partial charge < -0.3 is 10.4 Å². The predicted molar refractivity (Wildman–Crippen MR) is 82.1 cm³/mol. The normalized spacial score (nSPS) is 13.2. The van der Waals surface area contributed by atoms with E-state index in [0.29, 0.717) is 16.9 Å². The van der Waals surface area contributed by atoms with E-state index in [9.17, 15) is 9.90 Å². The smallest absolute Gasteiger partial charge is 0.263 e. The highest BCUT2D eigenvalue weighted by Gasteiger charge is 2.20. The number of aliphatic hydroxyl groups is 1. The highest BCUT2D eigenvalue weighted by Crippen LogP contribution is 2.16. The summed E-state index contributed by atoms with van der Waals surface area (Å²) < 4.78 is 0. The summed E-state index contributed by atoms with van der Waals surface area (Å²) in [7, 11) is 0. The molecule has 0 saturated carbocycles. The van der Waals surface area contributed by atoms with Gasteiger partial charge >= 0.3 is 0 Å². The molecule has 1 aromatic carbocycles. The Morgan fingerprint density at radius 2 is 2.10 bits per heavy atom. The van der Waals surface area contributed by atoms with E-state index in [-0.39, 0.29) is 5.91 Å². The molecule has 0 radical (unpaired) electrons. The third-order valence-corrected chi connectivity index (χ3v) is 4.13. The number of nitrogens with one attached hydrogen (secondary N) is 1. The number of aliphatic hydroxyl groups excluding tert-OH is 1. The second-order valence-electron chi connectivity index (χ2n) is 4.79. The maximum atomic E-state index is 12.1. The van der Waals surface area contributed by atoms with Gasteiger partial charge in [0.15, 0.2) is 0 Å². The predicted octanol–water partition coefficient (Wildman–Crippen LogP) is 2.34.